The number of aryl methyl sites for hydroxylation is 1. The summed E-state index contributed by atoms with van der Waals surface area (Å²) in [4.78, 5) is 2.38. The molecule has 0 saturated heterocycles. The second-order valence-corrected chi connectivity index (χ2v) is 5.99. The van der Waals surface area contributed by atoms with Crippen molar-refractivity contribution in [3.63, 3.8) is 0 Å². The average Bonchev–Trinajstić information content (AvgIpc) is 2.68. The smallest absolute Gasteiger partial charge is 0.118 e. The summed E-state index contributed by atoms with van der Waals surface area (Å²) >= 11 is 0. The zero-order valence-corrected chi connectivity index (χ0v) is 13.4. The highest BCUT2D eigenvalue weighted by Crippen LogP contribution is 2.17. The van der Waals surface area contributed by atoms with Gasteiger partial charge in [-0.15, -0.1) is 0 Å². The van der Waals surface area contributed by atoms with Gasteiger partial charge in [0.1, 0.15) is 11.5 Å². The van der Waals surface area contributed by atoms with Gasteiger partial charge in [-0.05, 0) is 45.8 Å². The first-order chi connectivity index (χ1) is 8.93. The predicted molar refractivity (Wildman–Crippen MR) is 81.2 cm³/mol. The molecule has 19 heavy (non-hydrogen) atoms. The zero-order valence-electron chi connectivity index (χ0n) is 13.4. The second kappa shape index (κ2) is 7.71. The van der Waals surface area contributed by atoms with E-state index in [9.17, 15) is 0 Å². The van der Waals surface area contributed by atoms with E-state index in [0.29, 0.717) is 12.0 Å². The van der Waals surface area contributed by atoms with Crippen molar-refractivity contribution in [1.82, 2.24) is 10.2 Å². The first-order valence-corrected chi connectivity index (χ1v) is 7.43. The maximum absolute atomic E-state index is 5.82. The Morgan fingerprint density at radius 1 is 1.32 bits per heavy atom. The van der Waals surface area contributed by atoms with Crippen LogP contribution in [0.4, 0.5) is 0 Å². The molecule has 110 valence electrons. The summed E-state index contributed by atoms with van der Waals surface area (Å²) in [7, 11) is 2.18. The molecule has 0 spiro atoms. The van der Waals surface area contributed by atoms with Crippen LogP contribution < -0.4 is 5.32 Å². The fourth-order valence-electron chi connectivity index (χ4n) is 2.05. The molecule has 0 aliphatic carbocycles. The standard InChI is InChI=1S/C16H30N2O/c1-7-13(4)18(6)11-15-8-16(19-14(15)5)10-17-9-12(2)3/h8,12-13,17H,7,9-11H2,1-6H3. The first-order valence-electron chi connectivity index (χ1n) is 7.43. The molecule has 1 rings (SSSR count). The van der Waals surface area contributed by atoms with E-state index in [1.54, 1.807) is 0 Å². The van der Waals surface area contributed by atoms with Crippen LogP contribution in [-0.2, 0) is 13.1 Å². The highest BCUT2D eigenvalue weighted by Gasteiger charge is 2.12. The van der Waals surface area contributed by atoms with Gasteiger partial charge < -0.3 is 9.73 Å². The molecule has 0 aliphatic heterocycles. The van der Waals surface area contributed by atoms with E-state index < -0.39 is 0 Å². The normalized spacial score (nSPS) is 13.5. The van der Waals surface area contributed by atoms with Crippen molar-refractivity contribution in [3.8, 4) is 0 Å². The molecule has 0 radical (unpaired) electrons. The topological polar surface area (TPSA) is 28.4 Å². The van der Waals surface area contributed by atoms with Gasteiger partial charge in [-0.1, -0.05) is 20.8 Å². The molecule has 1 aromatic rings. The van der Waals surface area contributed by atoms with Crippen molar-refractivity contribution in [2.24, 2.45) is 5.92 Å². The first kappa shape index (κ1) is 16.3. The van der Waals surface area contributed by atoms with E-state index in [0.717, 1.165) is 31.2 Å². The zero-order chi connectivity index (χ0) is 14.4. The van der Waals surface area contributed by atoms with Gasteiger partial charge >= 0.3 is 0 Å². The van der Waals surface area contributed by atoms with E-state index in [1.165, 1.54) is 12.0 Å². The molecule has 1 atom stereocenters. The van der Waals surface area contributed by atoms with Gasteiger partial charge in [-0.3, -0.25) is 4.90 Å². The Bertz CT molecular complexity index is 371. The molecule has 1 heterocycles. The molecule has 0 saturated carbocycles. The molecule has 0 fully saturated rings. The molecule has 0 aromatic carbocycles. The molecule has 1 unspecified atom stereocenters. The molecule has 0 amide bonds. The number of rotatable bonds is 8. The summed E-state index contributed by atoms with van der Waals surface area (Å²) in [6, 6.07) is 2.80. The number of nitrogens with one attached hydrogen (secondary N) is 1. The Morgan fingerprint density at radius 2 is 2.00 bits per heavy atom. The largest absolute Gasteiger partial charge is 0.465 e. The molecule has 0 aliphatic rings. The highest BCUT2D eigenvalue weighted by atomic mass is 16.3. The SMILES string of the molecule is CCC(C)N(C)Cc1cc(CNCC(C)C)oc1C. The van der Waals surface area contributed by atoms with Crippen LogP contribution in [-0.4, -0.2) is 24.5 Å². The van der Waals surface area contributed by atoms with Crippen molar-refractivity contribution in [2.45, 2.75) is 60.2 Å². The lowest BCUT2D eigenvalue weighted by molar-refractivity contribution is 0.242. The van der Waals surface area contributed by atoms with Crippen LogP contribution in [0.5, 0.6) is 0 Å². The van der Waals surface area contributed by atoms with Crippen LogP contribution in [0.3, 0.4) is 0 Å². The second-order valence-electron chi connectivity index (χ2n) is 5.99. The third-order valence-corrected chi connectivity index (χ3v) is 3.69. The van der Waals surface area contributed by atoms with Crippen molar-refractivity contribution >= 4 is 0 Å². The molecule has 1 N–H and O–H groups in total. The summed E-state index contributed by atoms with van der Waals surface area (Å²) in [5.41, 5.74) is 1.31. The van der Waals surface area contributed by atoms with Gasteiger partial charge in [0.15, 0.2) is 0 Å². The van der Waals surface area contributed by atoms with E-state index in [-0.39, 0.29) is 0 Å². The van der Waals surface area contributed by atoms with Gasteiger partial charge in [0.2, 0.25) is 0 Å². The van der Waals surface area contributed by atoms with Crippen LogP contribution in [0.15, 0.2) is 10.5 Å². The Balaban J connectivity index is 2.54. The fraction of sp³-hybridized carbons (Fsp3) is 0.750. The molecular formula is C16H30N2O. The third-order valence-electron chi connectivity index (χ3n) is 3.69. The van der Waals surface area contributed by atoms with Crippen LogP contribution in [0.1, 0.15) is 51.2 Å². The monoisotopic (exact) mass is 266 g/mol. The van der Waals surface area contributed by atoms with Crippen molar-refractivity contribution in [3.05, 3.63) is 23.2 Å². The number of nitrogens with zero attached hydrogens (tertiary/aromatic N) is 1. The molecular weight excluding hydrogens is 236 g/mol. The van der Waals surface area contributed by atoms with Gasteiger partial charge in [0.05, 0.1) is 6.54 Å². The quantitative estimate of drug-likeness (QED) is 0.780. The van der Waals surface area contributed by atoms with Gasteiger partial charge in [-0.2, -0.15) is 0 Å². The van der Waals surface area contributed by atoms with Crippen molar-refractivity contribution in [2.75, 3.05) is 13.6 Å². The van der Waals surface area contributed by atoms with E-state index >= 15 is 0 Å². The number of hydrogen-bond acceptors (Lipinski definition) is 3. The number of hydrogen-bond donors (Lipinski definition) is 1. The van der Waals surface area contributed by atoms with Gasteiger partial charge in [0, 0.05) is 18.2 Å². The Hall–Kier alpha value is -0.800. The average molecular weight is 266 g/mol. The maximum atomic E-state index is 5.82. The van der Waals surface area contributed by atoms with Crippen molar-refractivity contribution < 1.29 is 4.42 Å². The lowest BCUT2D eigenvalue weighted by Gasteiger charge is -2.22. The van der Waals surface area contributed by atoms with Crippen LogP contribution in [0.2, 0.25) is 0 Å². The van der Waals surface area contributed by atoms with Crippen LogP contribution >= 0.6 is 0 Å². The van der Waals surface area contributed by atoms with Crippen LogP contribution in [0, 0.1) is 12.8 Å². The van der Waals surface area contributed by atoms with Gasteiger partial charge in [-0.25, -0.2) is 0 Å². The Labute approximate surface area is 118 Å². The molecule has 3 heteroatoms. The summed E-state index contributed by atoms with van der Waals surface area (Å²) in [5.74, 6) is 2.77. The molecule has 1 aromatic heterocycles. The summed E-state index contributed by atoms with van der Waals surface area (Å²) in [6.07, 6.45) is 1.18. The van der Waals surface area contributed by atoms with E-state index in [2.05, 4.69) is 57.9 Å². The summed E-state index contributed by atoms with van der Waals surface area (Å²) in [5, 5.41) is 3.42. The molecule has 3 nitrogen and oxygen atoms in total. The highest BCUT2D eigenvalue weighted by molar-refractivity contribution is 5.20. The third kappa shape index (κ3) is 5.37. The lowest BCUT2D eigenvalue weighted by atomic mass is 10.2. The van der Waals surface area contributed by atoms with Gasteiger partial charge in [0.25, 0.3) is 0 Å². The number of furan rings is 1. The van der Waals surface area contributed by atoms with E-state index in [4.69, 9.17) is 4.42 Å². The lowest BCUT2D eigenvalue weighted by Crippen LogP contribution is -2.27. The Kier molecular flexibility index (Phi) is 6.59. The Morgan fingerprint density at radius 3 is 2.58 bits per heavy atom. The van der Waals surface area contributed by atoms with Crippen LogP contribution in [0.25, 0.3) is 0 Å². The minimum Gasteiger partial charge on any atom is -0.465 e. The molecule has 0 bridgehead atoms. The van der Waals surface area contributed by atoms with Crippen molar-refractivity contribution in [1.29, 1.82) is 0 Å². The van der Waals surface area contributed by atoms with E-state index in [1.807, 2.05) is 0 Å². The summed E-state index contributed by atoms with van der Waals surface area (Å²) < 4.78 is 5.82. The minimum absolute atomic E-state index is 0.608. The minimum atomic E-state index is 0.608. The summed E-state index contributed by atoms with van der Waals surface area (Å²) in [6.45, 7) is 13.8. The predicted octanol–water partition coefficient (Wildman–Crippen LogP) is 3.56. The fourth-order valence-corrected chi connectivity index (χ4v) is 2.05. The maximum Gasteiger partial charge on any atom is 0.118 e.